The maximum Gasteiger partial charge on any atom is 0.260 e. The smallest absolute Gasteiger partial charge is 0.260 e. The van der Waals surface area contributed by atoms with Crippen LogP contribution in [0.4, 0.5) is 15.8 Å². The number of alkyl halides is 1. The highest BCUT2D eigenvalue weighted by Crippen LogP contribution is 2.33. The first kappa shape index (κ1) is 21.0. The second kappa shape index (κ2) is 8.24. The Morgan fingerprint density at radius 2 is 2.09 bits per heavy atom. The third-order valence-electron chi connectivity index (χ3n) is 6.36. The van der Waals surface area contributed by atoms with Gasteiger partial charge in [0.2, 0.25) is 5.79 Å². The van der Waals surface area contributed by atoms with Crippen molar-refractivity contribution in [2.24, 2.45) is 4.99 Å². The van der Waals surface area contributed by atoms with E-state index in [-0.39, 0.29) is 18.6 Å². The molecular weight excluding hydrogens is 409 g/mol. The van der Waals surface area contributed by atoms with Crippen LogP contribution in [0.25, 0.3) is 0 Å². The summed E-state index contributed by atoms with van der Waals surface area (Å²) in [6, 6.07) is 8.35. The molecule has 0 bridgehead atoms. The fourth-order valence-electron chi connectivity index (χ4n) is 4.43. The van der Waals surface area contributed by atoms with E-state index in [1.807, 2.05) is 24.3 Å². The van der Waals surface area contributed by atoms with Gasteiger partial charge in [-0.3, -0.25) is 4.79 Å². The number of amidine groups is 1. The Hall–Kier alpha value is -2.87. The number of rotatable bonds is 5. The summed E-state index contributed by atoms with van der Waals surface area (Å²) in [6.45, 7) is 6.58. The molecule has 1 amide bonds. The quantitative estimate of drug-likeness (QED) is 0.690. The predicted octanol–water partition coefficient (Wildman–Crippen LogP) is 3.17. The van der Waals surface area contributed by atoms with Crippen LogP contribution in [-0.4, -0.2) is 60.8 Å². The third kappa shape index (κ3) is 4.37. The first-order valence-electron chi connectivity index (χ1n) is 11.4. The van der Waals surface area contributed by atoms with E-state index in [0.717, 1.165) is 44.6 Å². The molecule has 8 heteroatoms. The third-order valence-corrected chi connectivity index (χ3v) is 6.36. The lowest BCUT2D eigenvalue weighted by atomic mass is 9.96. The molecule has 0 spiro atoms. The van der Waals surface area contributed by atoms with Crippen LogP contribution in [0.3, 0.4) is 0 Å². The average Bonchev–Trinajstić information content (AvgIpc) is 3.03. The second-order valence-corrected chi connectivity index (χ2v) is 9.26. The van der Waals surface area contributed by atoms with Crippen molar-refractivity contribution >= 4 is 23.1 Å². The normalized spacial score (nSPS) is 27.7. The van der Waals surface area contributed by atoms with Crippen molar-refractivity contribution in [1.82, 2.24) is 10.2 Å². The highest BCUT2D eigenvalue weighted by atomic mass is 19.1. The topological polar surface area (TPSA) is 69.2 Å². The number of aliphatic imine (C=N–C) groups is 1. The molecule has 2 atom stereocenters. The standard InChI is InChI=1S/C24H30FN5O2/c1-16-13-29(11-10-26-16)18-8-6-17(7-9-18)27-23(31)20-14-30-15-24(2,25)28-22(30)12-21(20)32-19-4-3-5-19/h6-9,12,14,16,19,26H,3-5,10-11,13,15H2,1-2H3,(H,27,31)/t16-,24?/m0/s1. The van der Waals surface area contributed by atoms with Crippen LogP contribution >= 0.6 is 0 Å². The van der Waals surface area contributed by atoms with Gasteiger partial charge in [-0.1, -0.05) is 0 Å². The van der Waals surface area contributed by atoms with Crippen molar-refractivity contribution in [3.05, 3.63) is 47.9 Å². The van der Waals surface area contributed by atoms with E-state index < -0.39 is 5.79 Å². The minimum atomic E-state index is -1.67. The number of fused-ring (bicyclic) bond motifs is 1. The highest BCUT2D eigenvalue weighted by molar-refractivity contribution is 6.10. The molecule has 1 aromatic carbocycles. The van der Waals surface area contributed by atoms with E-state index in [2.05, 4.69) is 27.4 Å². The molecule has 4 aliphatic rings. The molecule has 0 aromatic heterocycles. The number of ether oxygens (including phenoxy) is 1. The zero-order valence-electron chi connectivity index (χ0n) is 18.6. The lowest BCUT2D eigenvalue weighted by Gasteiger charge is -2.33. The van der Waals surface area contributed by atoms with E-state index in [4.69, 9.17) is 4.74 Å². The Balaban J connectivity index is 1.31. The van der Waals surface area contributed by atoms with Crippen molar-refractivity contribution in [1.29, 1.82) is 0 Å². The summed E-state index contributed by atoms with van der Waals surface area (Å²) in [6.07, 6.45) is 6.50. The Morgan fingerprint density at radius 3 is 2.78 bits per heavy atom. The predicted molar refractivity (Wildman–Crippen MR) is 123 cm³/mol. The molecule has 1 aliphatic carbocycles. The first-order chi connectivity index (χ1) is 15.4. The van der Waals surface area contributed by atoms with Crippen molar-refractivity contribution < 1.29 is 13.9 Å². The molecule has 3 aliphatic heterocycles. The van der Waals surface area contributed by atoms with E-state index >= 15 is 0 Å². The van der Waals surface area contributed by atoms with Crippen LogP contribution in [0.2, 0.25) is 0 Å². The number of hydrogen-bond donors (Lipinski definition) is 2. The highest BCUT2D eigenvalue weighted by Gasteiger charge is 2.38. The van der Waals surface area contributed by atoms with E-state index in [9.17, 15) is 9.18 Å². The lowest BCUT2D eigenvalue weighted by Crippen LogP contribution is -2.49. The molecule has 1 unspecified atom stereocenters. The number of anilines is 2. The van der Waals surface area contributed by atoms with Crippen molar-refractivity contribution in [3.8, 4) is 0 Å². The Morgan fingerprint density at radius 1 is 1.31 bits per heavy atom. The van der Waals surface area contributed by atoms with Gasteiger partial charge in [0.05, 0.1) is 18.2 Å². The zero-order chi connectivity index (χ0) is 22.3. The molecule has 0 radical (unpaired) electrons. The monoisotopic (exact) mass is 439 g/mol. The van der Waals surface area contributed by atoms with Crippen LogP contribution in [0.5, 0.6) is 0 Å². The number of carbonyl (C=O) groups excluding carboxylic acids is 1. The SMILES string of the molecule is C[C@H]1CN(c2ccc(NC(=O)C3=CN4CC(C)(F)N=C4C=C3OC3CCC3)cc2)CCN1. The zero-order valence-corrected chi connectivity index (χ0v) is 18.6. The number of halogens is 1. The summed E-state index contributed by atoms with van der Waals surface area (Å²) in [7, 11) is 0. The summed E-state index contributed by atoms with van der Waals surface area (Å²) >= 11 is 0. The maximum absolute atomic E-state index is 14.4. The average molecular weight is 440 g/mol. The number of nitrogens with zero attached hydrogens (tertiary/aromatic N) is 3. The van der Waals surface area contributed by atoms with E-state index in [0.29, 0.717) is 28.9 Å². The molecular formula is C24H30FN5O2. The molecule has 7 nitrogen and oxygen atoms in total. The van der Waals surface area contributed by atoms with Crippen LogP contribution in [0, 0.1) is 0 Å². The van der Waals surface area contributed by atoms with Gasteiger partial charge in [0.15, 0.2) is 0 Å². The lowest BCUT2D eigenvalue weighted by molar-refractivity contribution is -0.113. The van der Waals surface area contributed by atoms with Gasteiger partial charge in [0, 0.05) is 49.3 Å². The fraction of sp³-hybridized carbons (Fsp3) is 0.500. The van der Waals surface area contributed by atoms with Crippen molar-refractivity contribution in [3.63, 3.8) is 0 Å². The maximum atomic E-state index is 14.4. The van der Waals surface area contributed by atoms with Crippen LogP contribution in [-0.2, 0) is 9.53 Å². The molecule has 5 rings (SSSR count). The summed E-state index contributed by atoms with van der Waals surface area (Å²) in [5.41, 5.74) is 2.25. The van der Waals surface area contributed by atoms with Crippen LogP contribution in [0.1, 0.15) is 33.1 Å². The molecule has 1 saturated carbocycles. The number of hydrogen-bond acceptors (Lipinski definition) is 6. The van der Waals surface area contributed by atoms with Crippen LogP contribution < -0.4 is 15.5 Å². The number of amides is 1. The van der Waals surface area contributed by atoms with Gasteiger partial charge >= 0.3 is 0 Å². The fourth-order valence-corrected chi connectivity index (χ4v) is 4.43. The Labute approximate surface area is 188 Å². The summed E-state index contributed by atoms with van der Waals surface area (Å²) in [5, 5.41) is 6.42. The first-order valence-corrected chi connectivity index (χ1v) is 11.4. The molecule has 2 fully saturated rings. The van der Waals surface area contributed by atoms with Gasteiger partial charge in [-0.25, -0.2) is 9.38 Å². The van der Waals surface area contributed by atoms with Gasteiger partial charge in [0.1, 0.15) is 11.6 Å². The second-order valence-electron chi connectivity index (χ2n) is 9.26. The molecule has 1 saturated heterocycles. The largest absolute Gasteiger partial charge is 0.489 e. The Kier molecular flexibility index (Phi) is 5.41. The summed E-state index contributed by atoms with van der Waals surface area (Å²) in [5.74, 6) is -0.986. The van der Waals surface area contributed by atoms with Crippen molar-refractivity contribution in [2.75, 3.05) is 36.4 Å². The van der Waals surface area contributed by atoms with E-state index in [1.54, 1.807) is 17.2 Å². The van der Waals surface area contributed by atoms with Gasteiger partial charge in [0.25, 0.3) is 5.91 Å². The van der Waals surface area contributed by atoms with Gasteiger partial charge in [-0.2, -0.15) is 0 Å². The minimum Gasteiger partial charge on any atom is -0.489 e. The summed E-state index contributed by atoms with van der Waals surface area (Å²) < 4.78 is 20.5. The Bertz CT molecular complexity index is 981. The minimum absolute atomic E-state index is 0.0874. The molecule has 2 N–H and O–H groups in total. The van der Waals surface area contributed by atoms with Gasteiger partial charge in [-0.15, -0.1) is 0 Å². The van der Waals surface area contributed by atoms with E-state index in [1.165, 1.54) is 6.92 Å². The molecule has 1 aromatic rings. The number of benzene rings is 1. The van der Waals surface area contributed by atoms with Gasteiger partial charge in [-0.05, 0) is 57.4 Å². The van der Waals surface area contributed by atoms with Gasteiger partial charge < -0.3 is 25.2 Å². The molecule has 3 heterocycles. The van der Waals surface area contributed by atoms with Crippen molar-refractivity contribution in [2.45, 2.75) is 51.0 Å². The number of carbonyl (C=O) groups is 1. The number of piperazine rings is 1. The summed E-state index contributed by atoms with van der Waals surface area (Å²) in [4.78, 5) is 21.3. The van der Waals surface area contributed by atoms with Crippen LogP contribution in [0.15, 0.2) is 52.9 Å². The molecule has 170 valence electrons. The number of nitrogens with one attached hydrogen (secondary N) is 2. The molecule has 32 heavy (non-hydrogen) atoms.